The minimum atomic E-state index is -0.826. The second kappa shape index (κ2) is 7.50. The van der Waals surface area contributed by atoms with E-state index >= 15 is 0 Å². The van der Waals surface area contributed by atoms with Crippen molar-refractivity contribution in [1.29, 1.82) is 0 Å². The van der Waals surface area contributed by atoms with Gasteiger partial charge in [0, 0.05) is 34.7 Å². The molecule has 0 atom stereocenters. The molecule has 0 heterocycles. The molecular weight excluding hydrogens is 353 g/mol. The second-order valence-electron chi connectivity index (χ2n) is 3.02. The van der Waals surface area contributed by atoms with Gasteiger partial charge < -0.3 is 9.47 Å². The van der Waals surface area contributed by atoms with Gasteiger partial charge in [-0.05, 0) is 21.6 Å². The van der Waals surface area contributed by atoms with Crippen LogP contribution in [0.15, 0.2) is 24.3 Å². The van der Waals surface area contributed by atoms with Crippen molar-refractivity contribution < 1.29 is 19.2 Å². The number of non-ortho nitro benzene ring substituents is 1. The maximum atomic E-state index is 11.0. The molecule has 0 aliphatic rings. The van der Waals surface area contributed by atoms with Gasteiger partial charge in [0.05, 0.1) is 4.92 Å². The first-order valence-electron chi connectivity index (χ1n) is 4.75. The molecule has 0 unspecified atom stereocenters. The number of nitro groups is 1. The molecule has 0 spiro atoms. The van der Waals surface area contributed by atoms with Crippen LogP contribution < -0.4 is 0 Å². The Balaban J connectivity index is 2.40. The Morgan fingerprint density at radius 1 is 1.33 bits per heavy atom. The van der Waals surface area contributed by atoms with Crippen molar-refractivity contribution in [3.63, 3.8) is 0 Å². The van der Waals surface area contributed by atoms with Gasteiger partial charge in [0.15, 0.2) is 6.61 Å². The molecule has 0 fully saturated rings. The first-order chi connectivity index (χ1) is 8.63. The summed E-state index contributed by atoms with van der Waals surface area (Å²) in [6, 6.07) is 5.70. The van der Waals surface area contributed by atoms with E-state index in [0.29, 0.717) is 5.56 Å². The standard InChI is InChI=1S/C11H8INO5/c12-6-1-7-17-11(14)18-8-9-2-4-10(5-3-9)13(15)16/h2-5H,7-8H2. The quantitative estimate of drug-likeness (QED) is 0.271. The van der Waals surface area contributed by atoms with Crippen LogP contribution in [0.25, 0.3) is 0 Å². The van der Waals surface area contributed by atoms with Gasteiger partial charge in [0.2, 0.25) is 0 Å². The summed E-state index contributed by atoms with van der Waals surface area (Å²) in [6.07, 6.45) is -0.826. The van der Waals surface area contributed by atoms with E-state index in [1.54, 1.807) is 0 Å². The van der Waals surface area contributed by atoms with E-state index in [0.717, 1.165) is 0 Å². The van der Waals surface area contributed by atoms with Crippen LogP contribution in [0.3, 0.4) is 0 Å². The minimum absolute atomic E-state index is 0.00547. The van der Waals surface area contributed by atoms with E-state index < -0.39 is 11.1 Å². The van der Waals surface area contributed by atoms with Gasteiger partial charge in [-0.25, -0.2) is 4.79 Å². The Morgan fingerprint density at radius 2 is 2.00 bits per heavy atom. The summed E-state index contributed by atoms with van der Waals surface area (Å²) >= 11 is 1.82. The highest BCUT2D eigenvalue weighted by atomic mass is 127. The molecule has 0 amide bonds. The number of nitrogens with zero attached hydrogens (tertiary/aromatic N) is 1. The number of benzene rings is 1. The van der Waals surface area contributed by atoms with Crippen LogP contribution >= 0.6 is 22.6 Å². The molecule has 0 saturated carbocycles. The fraction of sp³-hybridized carbons (Fsp3) is 0.182. The van der Waals surface area contributed by atoms with Gasteiger partial charge in [0.1, 0.15) is 6.61 Å². The highest BCUT2D eigenvalue weighted by Gasteiger charge is 2.06. The van der Waals surface area contributed by atoms with E-state index in [2.05, 4.69) is 14.6 Å². The molecule has 1 aromatic carbocycles. The molecule has 1 rings (SSSR count). The van der Waals surface area contributed by atoms with E-state index in [1.165, 1.54) is 24.3 Å². The molecule has 0 radical (unpaired) electrons. The molecule has 0 aromatic heterocycles. The number of hydrogen-bond acceptors (Lipinski definition) is 5. The maximum Gasteiger partial charge on any atom is 0.509 e. The van der Waals surface area contributed by atoms with Crippen LogP contribution in [0.2, 0.25) is 0 Å². The third-order valence-electron chi connectivity index (χ3n) is 1.83. The van der Waals surface area contributed by atoms with E-state index in [4.69, 9.17) is 4.74 Å². The van der Waals surface area contributed by atoms with Gasteiger partial charge in [0.25, 0.3) is 5.69 Å². The molecule has 0 aliphatic heterocycles. The van der Waals surface area contributed by atoms with Gasteiger partial charge in [-0.2, -0.15) is 0 Å². The van der Waals surface area contributed by atoms with Crippen molar-refractivity contribution in [1.82, 2.24) is 0 Å². The zero-order valence-corrected chi connectivity index (χ0v) is 11.2. The monoisotopic (exact) mass is 361 g/mol. The fourth-order valence-corrected chi connectivity index (χ4v) is 1.18. The summed E-state index contributed by atoms with van der Waals surface area (Å²) in [5, 5.41) is 10.4. The normalized spacial score (nSPS) is 8.94. The number of rotatable bonds is 4. The summed E-state index contributed by atoms with van der Waals surface area (Å²) in [6.45, 7) is -0.0312. The van der Waals surface area contributed by atoms with Crippen molar-refractivity contribution in [2.45, 2.75) is 6.61 Å². The van der Waals surface area contributed by atoms with Gasteiger partial charge in [-0.1, -0.05) is 5.92 Å². The highest BCUT2D eigenvalue weighted by Crippen LogP contribution is 2.12. The summed E-state index contributed by atoms with van der Waals surface area (Å²) in [5.74, 6) is 2.54. The molecule has 0 aliphatic carbocycles. The lowest BCUT2D eigenvalue weighted by atomic mass is 10.2. The molecule has 6 nitrogen and oxygen atoms in total. The topological polar surface area (TPSA) is 78.7 Å². The molecular formula is C11H8INO5. The third-order valence-corrected chi connectivity index (χ3v) is 2.21. The van der Waals surface area contributed by atoms with Crippen LogP contribution in [-0.2, 0) is 16.1 Å². The zero-order valence-electron chi connectivity index (χ0n) is 9.09. The number of carbonyl (C=O) groups excluding carboxylic acids is 1. The van der Waals surface area contributed by atoms with E-state index in [9.17, 15) is 14.9 Å². The molecule has 0 saturated heterocycles. The molecule has 94 valence electrons. The predicted molar refractivity (Wildman–Crippen MR) is 71.0 cm³/mol. The second-order valence-corrected chi connectivity index (χ2v) is 3.56. The van der Waals surface area contributed by atoms with Gasteiger partial charge in [-0.15, -0.1) is 0 Å². The highest BCUT2D eigenvalue weighted by molar-refractivity contribution is 14.1. The van der Waals surface area contributed by atoms with E-state index in [1.807, 2.05) is 22.6 Å². The maximum absolute atomic E-state index is 11.0. The average molecular weight is 361 g/mol. The molecule has 18 heavy (non-hydrogen) atoms. The first-order valence-corrected chi connectivity index (χ1v) is 5.82. The summed E-state index contributed by atoms with van der Waals surface area (Å²) < 4.78 is 11.9. The van der Waals surface area contributed by atoms with Crippen LogP contribution in [0.4, 0.5) is 10.5 Å². The Bertz CT molecular complexity index is 488. The number of carbonyl (C=O) groups is 1. The molecule has 0 N–H and O–H groups in total. The Kier molecular flexibility index (Phi) is 5.93. The van der Waals surface area contributed by atoms with Gasteiger partial charge in [-0.3, -0.25) is 10.1 Å². The number of halogens is 1. The zero-order chi connectivity index (χ0) is 13.4. The molecule has 0 bridgehead atoms. The number of nitro benzene ring substituents is 1. The van der Waals surface area contributed by atoms with Crippen LogP contribution in [0.5, 0.6) is 0 Å². The van der Waals surface area contributed by atoms with Crippen LogP contribution in [0, 0.1) is 20.0 Å². The number of ether oxygens (including phenoxy) is 2. The summed E-state index contributed by atoms with van der Waals surface area (Å²) in [5.41, 5.74) is 0.621. The minimum Gasteiger partial charge on any atom is -0.429 e. The SMILES string of the molecule is O=C(OCC#CI)OCc1ccc([N+](=O)[O-])cc1. The van der Waals surface area contributed by atoms with Crippen LogP contribution in [0.1, 0.15) is 5.56 Å². The summed E-state index contributed by atoms with van der Waals surface area (Å²) in [7, 11) is 0. The lowest BCUT2D eigenvalue weighted by molar-refractivity contribution is -0.384. The molecule has 1 aromatic rings. The van der Waals surface area contributed by atoms with Crippen molar-refractivity contribution in [3.05, 3.63) is 39.9 Å². The van der Waals surface area contributed by atoms with Crippen molar-refractivity contribution in [3.8, 4) is 9.85 Å². The largest absolute Gasteiger partial charge is 0.509 e. The lowest BCUT2D eigenvalue weighted by Crippen LogP contribution is -2.07. The van der Waals surface area contributed by atoms with Crippen LogP contribution in [-0.4, -0.2) is 17.7 Å². The molecule has 7 heteroatoms. The van der Waals surface area contributed by atoms with E-state index in [-0.39, 0.29) is 18.9 Å². The Labute approximate surface area is 117 Å². The first kappa shape index (κ1) is 14.2. The van der Waals surface area contributed by atoms with Gasteiger partial charge >= 0.3 is 6.16 Å². The smallest absolute Gasteiger partial charge is 0.429 e. The third kappa shape index (κ3) is 5.01. The predicted octanol–water partition coefficient (Wildman–Crippen LogP) is 2.64. The number of hydrogen-bond donors (Lipinski definition) is 0. The average Bonchev–Trinajstić information content (AvgIpc) is 2.37. The van der Waals surface area contributed by atoms with Crippen molar-refractivity contribution in [2.24, 2.45) is 0 Å². The summed E-state index contributed by atoms with van der Waals surface area (Å²) in [4.78, 5) is 21.0. The van der Waals surface area contributed by atoms with Crippen molar-refractivity contribution in [2.75, 3.05) is 6.61 Å². The lowest BCUT2D eigenvalue weighted by Gasteiger charge is -2.03. The fourth-order valence-electron chi connectivity index (χ4n) is 1.02. The Morgan fingerprint density at radius 3 is 2.56 bits per heavy atom. The van der Waals surface area contributed by atoms with Crippen molar-refractivity contribution >= 4 is 34.4 Å². The Hall–Kier alpha value is -1.82.